The molecule has 7 nitrogen and oxygen atoms in total. The van der Waals surface area contributed by atoms with E-state index >= 15 is 0 Å². The molecule has 1 atom stereocenters. The molecule has 2 fully saturated rings. The summed E-state index contributed by atoms with van der Waals surface area (Å²) in [6.45, 7) is 10.3. The average molecular weight is 464 g/mol. The van der Waals surface area contributed by atoms with E-state index in [1.807, 2.05) is 15.7 Å². The summed E-state index contributed by atoms with van der Waals surface area (Å²) in [4.78, 5) is 17.8. The van der Waals surface area contributed by atoms with E-state index in [1.165, 1.54) is 24.1 Å². The van der Waals surface area contributed by atoms with Crippen LogP contribution in [-0.2, 0) is 30.7 Å². The van der Waals surface area contributed by atoms with Crippen LogP contribution in [-0.4, -0.2) is 77.0 Å². The number of fused-ring (bicyclic) bond motifs is 1. The number of carbonyl (C=O) groups is 1. The Labute approximate surface area is 202 Å². The molecule has 5 rings (SSSR count). The summed E-state index contributed by atoms with van der Waals surface area (Å²) >= 11 is 0. The number of nitrogens with zero attached hydrogens (tertiary/aromatic N) is 4. The molecule has 3 heterocycles. The van der Waals surface area contributed by atoms with Gasteiger partial charge >= 0.3 is 0 Å². The van der Waals surface area contributed by atoms with Crippen LogP contribution in [0.5, 0.6) is 0 Å². The first-order valence-electron chi connectivity index (χ1n) is 12.8. The number of allylic oxidation sites excluding steroid dienone is 1. The summed E-state index contributed by atoms with van der Waals surface area (Å²) < 4.78 is 7.43. The van der Waals surface area contributed by atoms with Crippen molar-refractivity contribution < 1.29 is 9.53 Å². The summed E-state index contributed by atoms with van der Waals surface area (Å²) in [7, 11) is 0. The van der Waals surface area contributed by atoms with Crippen molar-refractivity contribution in [2.45, 2.75) is 57.3 Å². The Kier molecular flexibility index (Phi) is 7.42. The molecule has 34 heavy (non-hydrogen) atoms. The molecule has 0 saturated carbocycles. The van der Waals surface area contributed by atoms with Gasteiger partial charge in [-0.1, -0.05) is 36.4 Å². The number of rotatable bonds is 7. The number of amides is 1. The van der Waals surface area contributed by atoms with Gasteiger partial charge in [-0.3, -0.25) is 14.4 Å². The summed E-state index contributed by atoms with van der Waals surface area (Å²) in [6.07, 6.45) is 7.13. The number of carbonyl (C=O) groups excluding carboxylic acids is 1. The molecule has 182 valence electrons. The lowest BCUT2D eigenvalue weighted by atomic mass is 9.89. The number of aromatic nitrogens is 2. The van der Waals surface area contributed by atoms with Crippen LogP contribution in [0, 0.1) is 0 Å². The third kappa shape index (κ3) is 5.27. The Hall–Kier alpha value is -2.48. The van der Waals surface area contributed by atoms with Crippen LogP contribution in [0.25, 0.3) is 0 Å². The van der Waals surface area contributed by atoms with E-state index in [-0.39, 0.29) is 5.91 Å². The van der Waals surface area contributed by atoms with Gasteiger partial charge in [-0.15, -0.1) is 6.58 Å². The van der Waals surface area contributed by atoms with Crippen molar-refractivity contribution in [3.05, 3.63) is 65.5 Å². The highest BCUT2D eigenvalue weighted by molar-refractivity contribution is 5.94. The smallest absolute Gasteiger partial charge is 0.274 e. The standard InChI is InChI=1S/C27H37N5O2/c1-2-12-32-25-9-8-23(19-24(25)26(29-32)27(33)31-15-17-34-18-16-31)28-22-10-13-30(14-11-22)20-21-6-4-3-5-7-21/h2-7,22-23,28H,1,8-20H2. The second-order valence-corrected chi connectivity index (χ2v) is 9.79. The number of nitrogens with one attached hydrogen (secondary N) is 1. The van der Waals surface area contributed by atoms with Gasteiger partial charge in [0.05, 0.1) is 19.8 Å². The lowest BCUT2D eigenvalue weighted by Crippen LogP contribution is -2.47. The average Bonchev–Trinajstić information content (AvgIpc) is 3.24. The zero-order chi connectivity index (χ0) is 23.3. The van der Waals surface area contributed by atoms with Crippen LogP contribution in [0.2, 0.25) is 0 Å². The summed E-state index contributed by atoms with van der Waals surface area (Å²) in [6, 6.07) is 11.7. The van der Waals surface area contributed by atoms with Crippen molar-refractivity contribution in [3.8, 4) is 0 Å². The lowest BCUT2D eigenvalue weighted by molar-refractivity contribution is 0.0297. The predicted octanol–water partition coefficient (Wildman–Crippen LogP) is 2.65. The van der Waals surface area contributed by atoms with Crippen LogP contribution in [0.15, 0.2) is 43.0 Å². The molecule has 3 aliphatic rings. The van der Waals surface area contributed by atoms with Crippen LogP contribution < -0.4 is 5.32 Å². The largest absolute Gasteiger partial charge is 0.378 e. The highest BCUT2D eigenvalue weighted by Crippen LogP contribution is 2.27. The minimum Gasteiger partial charge on any atom is -0.378 e. The molecule has 2 saturated heterocycles. The number of morpholine rings is 1. The molecule has 0 radical (unpaired) electrons. The van der Waals surface area contributed by atoms with E-state index in [9.17, 15) is 4.79 Å². The number of piperidine rings is 1. The first-order chi connectivity index (χ1) is 16.7. The highest BCUT2D eigenvalue weighted by atomic mass is 16.5. The van der Waals surface area contributed by atoms with E-state index in [1.54, 1.807) is 0 Å². The van der Waals surface area contributed by atoms with Gasteiger partial charge in [-0.25, -0.2) is 0 Å². The van der Waals surface area contributed by atoms with Crippen LogP contribution >= 0.6 is 0 Å². The lowest BCUT2D eigenvalue weighted by Gasteiger charge is -2.36. The molecular formula is C27H37N5O2. The molecule has 2 aromatic rings. The van der Waals surface area contributed by atoms with Crippen molar-refractivity contribution in [1.29, 1.82) is 0 Å². The van der Waals surface area contributed by atoms with Gasteiger partial charge in [0.1, 0.15) is 0 Å². The van der Waals surface area contributed by atoms with Gasteiger partial charge in [0.25, 0.3) is 5.91 Å². The Morgan fingerprint density at radius 2 is 1.85 bits per heavy atom. The summed E-state index contributed by atoms with van der Waals surface area (Å²) in [5.41, 5.74) is 4.39. The first kappa shape index (κ1) is 23.3. The van der Waals surface area contributed by atoms with Crippen molar-refractivity contribution in [3.63, 3.8) is 0 Å². The fourth-order valence-electron chi connectivity index (χ4n) is 5.62. The van der Waals surface area contributed by atoms with Gasteiger partial charge in [-0.2, -0.15) is 5.10 Å². The molecular weight excluding hydrogens is 426 g/mol. The fourth-order valence-corrected chi connectivity index (χ4v) is 5.62. The van der Waals surface area contributed by atoms with Crippen LogP contribution in [0.3, 0.4) is 0 Å². The van der Waals surface area contributed by atoms with E-state index in [2.05, 4.69) is 47.1 Å². The quantitative estimate of drug-likeness (QED) is 0.640. The van der Waals surface area contributed by atoms with E-state index in [0.29, 0.717) is 50.6 Å². The number of hydrogen-bond donors (Lipinski definition) is 1. The molecule has 1 N–H and O–H groups in total. The van der Waals surface area contributed by atoms with Gasteiger partial charge < -0.3 is 15.0 Å². The maximum absolute atomic E-state index is 13.3. The van der Waals surface area contributed by atoms with Gasteiger partial charge in [0, 0.05) is 43.0 Å². The minimum absolute atomic E-state index is 0.0530. The number of likely N-dealkylation sites (tertiary alicyclic amines) is 1. The summed E-state index contributed by atoms with van der Waals surface area (Å²) in [5, 5.41) is 8.71. The van der Waals surface area contributed by atoms with Gasteiger partial charge in [0.15, 0.2) is 5.69 Å². The number of hydrogen-bond acceptors (Lipinski definition) is 5. The Morgan fingerprint density at radius 3 is 2.59 bits per heavy atom. The Morgan fingerprint density at radius 1 is 1.09 bits per heavy atom. The van der Waals surface area contributed by atoms with Crippen LogP contribution in [0.1, 0.15) is 46.6 Å². The van der Waals surface area contributed by atoms with Crippen molar-refractivity contribution in [2.24, 2.45) is 0 Å². The van der Waals surface area contributed by atoms with Crippen LogP contribution in [0.4, 0.5) is 0 Å². The zero-order valence-corrected chi connectivity index (χ0v) is 20.1. The molecule has 7 heteroatoms. The molecule has 1 amide bonds. The fraction of sp³-hybridized carbons (Fsp3) is 0.556. The van der Waals surface area contributed by atoms with E-state index in [0.717, 1.165) is 44.5 Å². The zero-order valence-electron chi connectivity index (χ0n) is 20.1. The topological polar surface area (TPSA) is 62.6 Å². The molecule has 0 spiro atoms. The Bertz CT molecular complexity index is 974. The maximum atomic E-state index is 13.3. The van der Waals surface area contributed by atoms with E-state index in [4.69, 9.17) is 9.84 Å². The third-order valence-corrected chi connectivity index (χ3v) is 7.46. The van der Waals surface area contributed by atoms with Gasteiger partial charge in [0.2, 0.25) is 0 Å². The second kappa shape index (κ2) is 10.8. The molecule has 1 aromatic heterocycles. The second-order valence-electron chi connectivity index (χ2n) is 9.79. The Balaban J connectivity index is 1.21. The first-order valence-corrected chi connectivity index (χ1v) is 12.8. The third-order valence-electron chi connectivity index (χ3n) is 7.46. The molecule has 1 aromatic carbocycles. The maximum Gasteiger partial charge on any atom is 0.274 e. The molecule has 1 aliphatic carbocycles. The molecule has 1 unspecified atom stereocenters. The van der Waals surface area contributed by atoms with Crippen molar-refractivity contribution >= 4 is 5.91 Å². The normalized spacial score (nSPS) is 21.9. The highest BCUT2D eigenvalue weighted by Gasteiger charge is 2.32. The number of ether oxygens (including phenoxy) is 1. The van der Waals surface area contributed by atoms with Gasteiger partial charge in [-0.05, 0) is 50.8 Å². The minimum atomic E-state index is 0.0530. The summed E-state index contributed by atoms with van der Waals surface area (Å²) in [5.74, 6) is 0.0530. The molecule has 0 bridgehead atoms. The van der Waals surface area contributed by atoms with Crippen molar-refractivity contribution in [2.75, 3.05) is 39.4 Å². The SMILES string of the molecule is C=CCn1nc(C(=O)N2CCOCC2)c2c1CCC(NC1CCN(Cc3ccccc3)CC1)C2. The number of benzene rings is 1. The van der Waals surface area contributed by atoms with Crippen molar-refractivity contribution in [1.82, 2.24) is 24.9 Å². The predicted molar refractivity (Wildman–Crippen MR) is 133 cm³/mol. The monoisotopic (exact) mass is 463 g/mol. The molecule has 2 aliphatic heterocycles. The van der Waals surface area contributed by atoms with E-state index < -0.39 is 0 Å².